The Bertz CT molecular complexity index is 787. The van der Waals surface area contributed by atoms with Crippen molar-refractivity contribution in [2.24, 2.45) is 0 Å². The van der Waals surface area contributed by atoms with Crippen molar-refractivity contribution in [3.05, 3.63) is 53.8 Å². The molecule has 0 radical (unpaired) electrons. The van der Waals surface area contributed by atoms with Gasteiger partial charge in [0.05, 0.1) is 12.5 Å². The van der Waals surface area contributed by atoms with E-state index in [4.69, 9.17) is 8.83 Å². The molecule has 1 amide bonds. The van der Waals surface area contributed by atoms with Gasteiger partial charge in [0, 0.05) is 12.1 Å². The van der Waals surface area contributed by atoms with Gasteiger partial charge < -0.3 is 13.7 Å². The zero-order chi connectivity index (χ0) is 15.1. The predicted octanol–water partition coefficient (Wildman–Crippen LogP) is 3.22. The Balaban J connectivity index is 1.89. The van der Waals surface area contributed by atoms with Crippen LogP contribution in [0.4, 0.5) is 0 Å². The van der Waals surface area contributed by atoms with E-state index in [0.29, 0.717) is 18.0 Å². The van der Waals surface area contributed by atoms with Crippen molar-refractivity contribution in [2.75, 3.05) is 6.54 Å². The number of aromatic nitrogens is 2. The van der Waals surface area contributed by atoms with E-state index in [1.54, 1.807) is 17.4 Å². The highest BCUT2D eigenvalue weighted by Gasteiger charge is 2.43. The van der Waals surface area contributed by atoms with Gasteiger partial charge >= 0.3 is 0 Å². The third-order valence-corrected chi connectivity index (χ3v) is 3.90. The molecule has 1 aliphatic rings. The number of carbonyl (C=O) groups is 1. The second kappa shape index (κ2) is 4.91. The van der Waals surface area contributed by atoms with Gasteiger partial charge in [-0.15, -0.1) is 0 Å². The number of H-pyrrole nitrogens is 1. The lowest BCUT2D eigenvalue weighted by Crippen LogP contribution is -2.30. The molecule has 0 unspecified atom stereocenters. The number of nitrogens with zero attached hydrogens (tertiary/aromatic N) is 2. The number of fused-ring (bicyclic) bond motifs is 1. The lowest BCUT2D eigenvalue weighted by molar-refractivity contribution is 0.0730. The van der Waals surface area contributed by atoms with Crippen LogP contribution >= 0.6 is 0 Å². The number of rotatable bonds is 4. The van der Waals surface area contributed by atoms with Crippen LogP contribution in [-0.2, 0) is 0 Å². The summed E-state index contributed by atoms with van der Waals surface area (Å²) in [6.07, 6.45) is 4.09. The van der Waals surface area contributed by atoms with Crippen LogP contribution in [0, 0.1) is 0 Å². The summed E-state index contributed by atoms with van der Waals surface area (Å²) in [4.78, 5) is 14.4. The van der Waals surface area contributed by atoms with Crippen molar-refractivity contribution >= 4 is 5.91 Å². The molecule has 1 atom stereocenters. The largest absolute Gasteiger partial charge is 0.467 e. The molecule has 0 fully saturated rings. The number of hydrogen-bond acceptors (Lipinski definition) is 4. The molecule has 0 spiro atoms. The molecule has 3 aromatic heterocycles. The third kappa shape index (κ3) is 1.73. The van der Waals surface area contributed by atoms with E-state index >= 15 is 0 Å². The van der Waals surface area contributed by atoms with Gasteiger partial charge in [0.25, 0.3) is 5.91 Å². The highest BCUT2D eigenvalue weighted by Crippen LogP contribution is 2.42. The molecule has 3 aromatic rings. The van der Waals surface area contributed by atoms with Crippen LogP contribution in [0.1, 0.15) is 41.2 Å². The van der Waals surface area contributed by atoms with E-state index in [-0.39, 0.29) is 11.9 Å². The zero-order valence-corrected chi connectivity index (χ0v) is 12.1. The molecule has 0 aromatic carbocycles. The topological polar surface area (TPSA) is 75.3 Å². The van der Waals surface area contributed by atoms with E-state index in [9.17, 15) is 4.79 Å². The van der Waals surface area contributed by atoms with Gasteiger partial charge in [-0.05, 0) is 30.7 Å². The first-order valence-corrected chi connectivity index (χ1v) is 7.27. The molecule has 6 nitrogen and oxygen atoms in total. The van der Waals surface area contributed by atoms with Crippen LogP contribution in [0.3, 0.4) is 0 Å². The maximum atomic E-state index is 12.6. The van der Waals surface area contributed by atoms with Gasteiger partial charge in [0.1, 0.15) is 17.5 Å². The van der Waals surface area contributed by atoms with Crippen LogP contribution in [0.15, 0.2) is 45.6 Å². The van der Waals surface area contributed by atoms with Crippen molar-refractivity contribution < 1.29 is 13.6 Å². The molecule has 0 bridgehead atoms. The minimum absolute atomic E-state index is 0.0766. The molecule has 1 N–H and O–H groups in total. The Labute approximate surface area is 126 Å². The lowest BCUT2D eigenvalue weighted by atomic mass is 10.0. The summed E-state index contributed by atoms with van der Waals surface area (Å²) in [6, 6.07) is 7.10. The molecule has 4 rings (SSSR count). The van der Waals surface area contributed by atoms with Crippen molar-refractivity contribution in [3.63, 3.8) is 0 Å². The molecule has 112 valence electrons. The van der Waals surface area contributed by atoms with Gasteiger partial charge in [-0.3, -0.25) is 9.89 Å². The summed E-state index contributed by atoms with van der Waals surface area (Å²) in [6.45, 7) is 2.70. The van der Waals surface area contributed by atoms with Crippen molar-refractivity contribution in [1.29, 1.82) is 0 Å². The minimum atomic E-state index is -0.267. The Morgan fingerprint density at radius 3 is 2.77 bits per heavy atom. The quantitative estimate of drug-likeness (QED) is 0.802. The average Bonchev–Trinajstić information content (AvgIpc) is 3.26. The summed E-state index contributed by atoms with van der Waals surface area (Å²) in [5, 5.41) is 7.14. The maximum absolute atomic E-state index is 12.6. The summed E-state index contributed by atoms with van der Waals surface area (Å²) in [5.74, 6) is 1.32. The standard InChI is InChI=1S/C16H15N3O3/c1-2-7-19-15(11-6-4-9-22-11)12-13(10-5-3-8-21-10)17-18-14(12)16(19)20/h3-6,8-9,15H,2,7H2,1H3,(H,17,18)/t15-/m0/s1. The smallest absolute Gasteiger partial charge is 0.275 e. The van der Waals surface area contributed by atoms with Gasteiger partial charge in [0.15, 0.2) is 11.5 Å². The molecule has 0 saturated carbocycles. The van der Waals surface area contributed by atoms with Crippen LogP contribution < -0.4 is 0 Å². The van der Waals surface area contributed by atoms with Crippen molar-refractivity contribution in [2.45, 2.75) is 19.4 Å². The normalized spacial score (nSPS) is 17.2. The number of carbonyl (C=O) groups excluding carboxylic acids is 1. The van der Waals surface area contributed by atoms with Crippen LogP contribution in [0.25, 0.3) is 11.5 Å². The molecule has 1 aliphatic heterocycles. The Kier molecular flexibility index (Phi) is 2.89. The Morgan fingerprint density at radius 2 is 2.09 bits per heavy atom. The fourth-order valence-corrected chi connectivity index (χ4v) is 3.01. The second-order valence-corrected chi connectivity index (χ2v) is 5.25. The first kappa shape index (κ1) is 12.9. The molecular weight excluding hydrogens is 282 g/mol. The van der Waals surface area contributed by atoms with E-state index in [2.05, 4.69) is 10.2 Å². The number of furan rings is 2. The van der Waals surface area contributed by atoms with Crippen LogP contribution in [-0.4, -0.2) is 27.5 Å². The van der Waals surface area contributed by atoms with E-state index in [1.165, 1.54) is 0 Å². The Morgan fingerprint density at radius 1 is 1.27 bits per heavy atom. The molecule has 4 heterocycles. The zero-order valence-electron chi connectivity index (χ0n) is 12.1. The lowest BCUT2D eigenvalue weighted by Gasteiger charge is -2.23. The SMILES string of the molecule is CCCN1C(=O)c2n[nH]c(-c3ccco3)c2[C@@H]1c1ccco1. The number of hydrogen-bond donors (Lipinski definition) is 1. The Hall–Kier alpha value is -2.76. The van der Waals surface area contributed by atoms with E-state index < -0.39 is 0 Å². The number of aromatic amines is 1. The molecule has 0 aliphatic carbocycles. The van der Waals surface area contributed by atoms with Gasteiger partial charge in [0.2, 0.25) is 0 Å². The number of amides is 1. The first-order valence-electron chi connectivity index (χ1n) is 7.27. The highest BCUT2D eigenvalue weighted by molar-refractivity contribution is 5.99. The molecule has 22 heavy (non-hydrogen) atoms. The average molecular weight is 297 g/mol. The van der Waals surface area contributed by atoms with Gasteiger partial charge in [-0.1, -0.05) is 6.92 Å². The minimum Gasteiger partial charge on any atom is -0.467 e. The van der Waals surface area contributed by atoms with Gasteiger partial charge in [-0.25, -0.2) is 0 Å². The molecule has 6 heteroatoms. The maximum Gasteiger partial charge on any atom is 0.275 e. The van der Waals surface area contributed by atoms with Crippen LogP contribution in [0.2, 0.25) is 0 Å². The summed E-state index contributed by atoms with van der Waals surface area (Å²) in [5.41, 5.74) is 2.00. The summed E-state index contributed by atoms with van der Waals surface area (Å²) < 4.78 is 11.0. The third-order valence-electron chi connectivity index (χ3n) is 3.90. The fraction of sp³-hybridized carbons (Fsp3) is 0.250. The highest BCUT2D eigenvalue weighted by atomic mass is 16.3. The molecule has 0 saturated heterocycles. The number of nitrogens with one attached hydrogen (secondary N) is 1. The predicted molar refractivity (Wildman–Crippen MR) is 78.2 cm³/mol. The second-order valence-electron chi connectivity index (χ2n) is 5.25. The van der Waals surface area contributed by atoms with Crippen LogP contribution in [0.5, 0.6) is 0 Å². The molecular formula is C16H15N3O3. The van der Waals surface area contributed by atoms with Crippen molar-refractivity contribution in [3.8, 4) is 11.5 Å². The van der Waals surface area contributed by atoms with Crippen molar-refractivity contribution in [1.82, 2.24) is 15.1 Å². The van der Waals surface area contributed by atoms with E-state index in [0.717, 1.165) is 23.4 Å². The van der Waals surface area contributed by atoms with E-state index in [1.807, 2.05) is 31.2 Å². The fourth-order valence-electron chi connectivity index (χ4n) is 3.01. The summed E-state index contributed by atoms with van der Waals surface area (Å²) in [7, 11) is 0. The first-order chi connectivity index (χ1) is 10.8. The monoisotopic (exact) mass is 297 g/mol. The van der Waals surface area contributed by atoms with Gasteiger partial charge in [-0.2, -0.15) is 5.10 Å². The summed E-state index contributed by atoms with van der Waals surface area (Å²) >= 11 is 0.